The number of phenols is 2. The number of aromatic hydroxyl groups is 2. The second-order valence-electron chi connectivity index (χ2n) is 25.0. The second-order valence-corrected chi connectivity index (χ2v) is 25.7. The van der Waals surface area contributed by atoms with Gasteiger partial charge in [-0.25, -0.2) is 4.79 Å². The highest BCUT2D eigenvalue weighted by molar-refractivity contribution is 6.39. The van der Waals surface area contributed by atoms with Crippen molar-refractivity contribution < 1.29 is 155 Å². The van der Waals surface area contributed by atoms with Crippen molar-refractivity contribution in [2.45, 2.75) is 277 Å². The van der Waals surface area contributed by atoms with E-state index in [2.05, 4.69) is 0 Å². The maximum atomic E-state index is 13.3. The van der Waals surface area contributed by atoms with Gasteiger partial charge in [0.15, 0.2) is 55.0 Å². The Morgan fingerprint density at radius 2 is 1.34 bits per heavy atom. The minimum Gasteiger partial charge on any atom is -0.505 e. The SMILES string of the molecule is CO[C@@H]1[C@H](O[C@H]2OC[C@@H]3O[C@]4(O[C@H]3[C@H]2OC(C)=O)O[C@H](C)[C@@](O)(C(C)O)[C@@H]2OCO[C@H]24)O[C@H](CO)[C@@H](O[C@@H]2O[C@H](C)[C@H](OC)[C@H](O[C@H]3C[C@@]4(C)OC5(C[C@@H](O)[C@H](O[C@H]6C[C@@H](O)[C@H](OC(=O)c7c(C)c(Cl)c(O)c(Cl)c7O)[C@@H](C)O6)[C@@H](C)O5)O[C@@H]4[C@@H](C)O3)[C@H]2O)[C@@H]1O. The Bertz CT molecular complexity index is 2720. The third-order valence-electron chi connectivity index (χ3n) is 18.8. The van der Waals surface area contributed by atoms with Gasteiger partial charge in [0.25, 0.3) is 5.97 Å². The predicted molar refractivity (Wildman–Crippen MR) is 295 cm³/mol. The summed E-state index contributed by atoms with van der Waals surface area (Å²) in [6.07, 6.45) is -35.0. The van der Waals surface area contributed by atoms with Crippen molar-refractivity contribution in [3.63, 3.8) is 0 Å². The molecule has 0 amide bonds. The summed E-state index contributed by atoms with van der Waals surface area (Å²) in [4.78, 5) is 26.0. The minimum absolute atomic E-state index is 0.00906. The first kappa shape index (κ1) is 69.6. The molecule has 0 aromatic heterocycles. The Morgan fingerprint density at radius 1 is 0.659 bits per heavy atom. The van der Waals surface area contributed by atoms with E-state index in [4.69, 9.17) is 123 Å². The molecule has 0 saturated carbocycles. The third-order valence-corrected chi connectivity index (χ3v) is 19.6. The highest BCUT2D eigenvalue weighted by atomic mass is 35.5. The number of carbonyl (C=O) groups excluding carboxylic acids is 2. The van der Waals surface area contributed by atoms with Gasteiger partial charge in [0, 0.05) is 34.0 Å². The summed E-state index contributed by atoms with van der Waals surface area (Å²) >= 11 is 12.1. The molecular formula is C57H82Cl2O32. The molecule has 1 aromatic rings. The lowest BCUT2D eigenvalue weighted by Gasteiger charge is -2.51. The van der Waals surface area contributed by atoms with Crippen molar-refractivity contribution in [1.29, 1.82) is 0 Å². The summed E-state index contributed by atoms with van der Waals surface area (Å²) in [7, 11) is 2.64. The van der Waals surface area contributed by atoms with Crippen molar-refractivity contribution in [1.82, 2.24) is 0 Å². The molecule has 10 fully saturated rings. The molecule has 0 aliphatic carbocycles. The average molecular weight is 1350 g/mol. The van der Waals surface area contributed by atoms with Crippen molar-refractivity contribution in [3.8, 4) is 11.5 Å². The Labute approximate surface area is 531 Å². The summed E-state index contributed by atoms with van der Waals surface area (Å²) < 4.78 is 129. The van der Waals surface area contributed by atoms with E-state index in [1.807, 2.05) is 0 Å². The minimum atomic E-state index is -2.04. The van der Waals surface area contributed by atoms with E-state index in [0.29, 0.717) is 0 Å². The normalized spacial score (nSPS) is 49.3. The monoisotopic (exact) mass is 1350 g/mol. The van der Waals surface area contributed by atoms with Crippen molar-refractivity contribution in [3.05, 3.63) is 21.2 Å². The quantitative estimate of drug-likeness (QED) is 0.0976. The second kappa shape index (κ2) is 26.6. The van der Waals surface area contributed by atoms with E-state index in [1.54, 1.807) is 27.7 Å². The largest absolute Gasteiger partial charge is 0.505 e. The molecule has 9 N–H and O–H groups in total. The van der Waals surface area contributed by atoms with Crippen LogP contribution in [0.4, 0.5) is 0 Å². The Morgan fingerprint density at radius 3 is 2.00 bits per heavy atom. The number of hydrogen-bond acceptors (Lipinski definition) is 32. The lowest BCUT2D eigenvalue weighted by atomic mass is 9.80. The van der Waals surface area contributed by atoms with Gasteiger partial charge in [0.2, 0.25) is 6.29 Å². The Balaban J connectivity index is 0.708. The number of fused-ring (bicyclic) bond motifs is 4. The molecule has 0 radical (unpaired) electrons. The van der Waals surface area contributed by atoms with E-state index in [1.165, 1.54) is 41.9 Å². The average Bonchev–Trinajstić information content (AvgIpc) is 1.47. The molecular weight excluding hydrogens is 1270 g/mol. The molecule has 516 valence electrons. The summed E-state index contributed by atoms with van der Waals surface area (Å²) in [6, 6.07) is 0. The van der Waals surface area contributed by atoms with Crippen LogP contribution < -0.4 is 0 Å². The molecule has 10 aliphatic rings. The number of halogens is 2. The number of ether oxygens (including phenoxy) is 21. The molecule has 10 heterocycles. The van der Waals surface area contributed by atoms with Crippen LogP contribution in [0.5, 0.6) is 11.5 Å². The fraction of sp³-hybridized carbons (Fsp3) is 0.860. The highest BCUT2D eigenvalue weighted by Crippen LogP contribution is 2.53. The number of carbonyl (C=O) groups is 2. The van der Waals surface area contributed by atoms with Crippen molar-refractivity contribution in [2.75, 3.05) is 34.2 Å². The molecule has 10 aliphatic heterocycles. The molecule has 34 heteroatoms. The number of esters is 2. The molecule has 32 atom stereocenters. The van der Waals surface area contributed by atoms with E-state index in [9.17, 15) is 55.5 Å². The molecule has 11 rings (SSSR count). The predicted octanol–water partition coefficient (Wildman–Crippen LogP) is -0.749. The fourth-order valence-corrected chi connectivity index (χ4v) is 14.7. The van der Waals surface area contributed by atoms with E-state index in [-0.39, 0.29) is 43.2 Å². The fourth-order valence-electron chi connectivity index (χ4n) is 14.3. The first-order chi connectivity index (χ1) is 42.9. The topological polar surface area (TPSA) is 410 Å². The maximum Gasteiger partial charge on any atom is 0.342 e. The van der Waals surface area contributed by atoms with Crippen LogP contribution in [0.15, 0.2) is 0 Å². The number of phenolic OH excluding ortho intramolecular Hbond substituents is 2. The molecule has 2 unspecified atom stereocenters. The van der Waals surface area contributed by atoms with Crippen LogP contribution in [0.3, 0.4) is 0 Å². The summed E-state index contributed by atoms with van der Waals surface area (Å²) in [5.41, 5.74) is -3.57. The first-order valence-corrected chi connectivity index (χ1v) is 30.9. The molecule has 0 bridgehead atoms. The third kappa shape index (κ3) is 12.5. The van der Waals surface area contributed by atoms with Gasteiger partial charge in [-0.05, 0) is 61.0 Å². The van der Waals surface area contributed by atoms with Gasteiger partial charge in [0.05, 0.1) is 73.5 Å². The smallest absolute Gasteiger partial charge is 0.342 e. The van der Waals surface area contributed by atoms with E-state index < -0.39 is 236 Å². The number of aliphatic hydroxyl groups is 7. The molecule has 91 heavy (non-hydrogen) atoms. The Hall–Kier alpha value is -2.70. The number of methoxy groups -OCH3 is 2. The van der Waals surface area contributed by atoms with E-state index in [0.717, 1.165) is 6.92 Å². The van der Waals surface area contributed by atoms with E-state index >= 15 is 0 Å². The number of benzene rings is 1. The van der Waals surface area contributed by atoms with Gasteiger partial charge in [-0.3, -0.25) is 4.79 Å². The zero-order valence-corrected chi connectivity index (χ0v) is 53.1. The molecule has 1 aromatic carbocycles. The number of hydrogen-bond donors (Lipinski definition) is 9. The molecule has 10 saturated heterocycles. The lowest BCUT2D eigenvalue weighted by Crippen LogP contribution is -2.72. The van der Waals surface area contributed by atoms with Gasteiger partial charge in [-0.1, -0.05) is 23.2 Å². The lowest BCUT2D eigenvalue weighted by molar-refractivity contribution is -0.439. The summed E-state index contributed by atoms with van der Waals surface area (Å²) in [5.74, 6) is -7.10. The zero-order valence-electron chi connectivity index (χ0n) is 51.6. The van der Waals surface area contributed by atoms with Crippen LogP contribution in [0, 0.1) is 6.92 Å². The van der Waals surface area contributed by atoms with Gasteiger partial charge < -0.3 is 145 Å². The van der Waals surface area contributed by atoms with Gasteiger partial charge in [0.1, 0.15) is 102 Å². The molecule has 2 spiro atoms. The van der Waals surface area contributed by atoms with Crippen LogP contribution in [0.2, 0.25) is 10.0 Å². The Kier molecular flexibility index (Phi) is 20.4. The van der Waals surface area contributed by atoms with Gasteiger partial charge in [-0.2, -0.15) is 0 Å². The highest BCUT2D eigenvalue weighted by Gasteiger charge is 2.73. The summed E-state index contributed by atoms with van der Waals surface area (Å²) in [5, 5.41) is 99.9. The van der Waals surface area contributed by atoms with Crippen LogP contribution in [-0.2, 0) is 104 Å². The van der Waals surface area contributed by atoms with Crippen molar-refractivity contribution >= 4 is 35.1 Å². The maximum absolute atomic E-state index is 13.3. The zero-order chi connectivity index (χ0) is 65.9. The number of aliphatic hydroxyl groups excluding tert-OH is 6. The number of rotatable bonds is 15. The first-order valence-electron chi connectivity index (χ1n) is 30.2. The van der Waals surface area contributed by atoms with Crippen LogP contribution in [-0.4, -0.2) is 287 Å². The van der Waals surface area contributed by atoms with Crippen LogP contribution >= 0.6 is 23.2 Å². The van der Waals surface area contributed by atoms with Crippen molar-refractivity contribution in [2.24, 2.45) is 0 Å². The summed E-state index contributed by atoms with van der Waals surface area (Å²) in [6.45, 7) is 12.3. The standard InChI is InChI=1S/C57H82Cl2O32/c1-18-32(35(65)34(59)36(66)33(18)58)50(69)83-39-19(2)76-30(12-26(39)63)81-40-21(4)86-55(13-27(40)64)90-47-22(5)77-31(14-54(47,9)91-55)82-44-38(68)51(78-20(3)41(44)71-10)84-42-28(15-60)80-53(45(72-11)37(42)67)85-52-46(79-25(8)62)43-29(16-73-52)88-57(89-43)49-48(74-17-75-49)56(70,23(6)61)24(7)87-57/h19-24,26-31,37-49,51-53,60-61,63-68,70H,12-17H2,1-11H3/t19-,20-,21-,22-,23?,24-,26-,27-,28-,29+,30+,31+,37+,38-,39-,40-,41+,42-,43-,44-,45+,46-,47-,48-,49-,51+,52-,53+,54-,55?,56+,57-/m1/s1. The molecule has 32 nitrogen and oxygen atoms in total. The van der Waals surface area contributed by atoms with Gasteiger partial charge >= 0.3 is 17.9 Å². The van der Waals surface area contributed by atoms with Crippen LogP contribution in [0.25, 0.3) is 0 Å². The van der Waals surface area contributed by atoms with Crippen LogP contribution in [0.1, 0.15) is 90.6 Å². The van der Waals surface area contributed by atoms with Gasteiger partial charge in [-0.15, -0.1) is 0 Å².